The Balaban J connectivity index is 2.00. The van der Waals surface area contributed by atoms with E-state index in [0.717, 1.165) is 17.8 Å². The van der Waals surface area contributed by atoms with Crippen molar-refractivity contribution in [3.8, 4) is 5.75 Å². The summed E-state index contributed by atoms with van der Waals surface area (Å²) in [6.45, 7) is 2.73. The normalized spacial score (nSPS) is 12.5. The zero-order chi connectivity index (χ0) is 12.1. The lowest BCUT2D eigenvalue weighted by Gasteiger charge is -2.15. The molecule has 1 aromatic heterocycles. The van der Waals surface area contributed by atoms with Crippen LogP contribution in [-0.2, 0) is 6.54 Å². The lowest BCUT2D eigenvalue weighted by Crippen LogP contribution is -2.21. The molecule has 0 amide bonds. The summed E-state index contributed by atoms with van der Waals surface area (Å²) in [6, 6.07) is 7.54. The molecule has 0 bridgehead atoms. The highest BCUT2D eigenvalue weighted by molar-refractivity contribution is 5.31. The van der Waals surface area contributed by atoms with Crippen molar-refractivity contribution in [2.24, 2.45) is 0 Å². The molecule has 1 atom stereocenters. The summed E-state index contributed by atoms with van der Waals surface area (Å²) in [4.78, 5) is 7.34. The van der Waals surface area contributed by atoms with Crippen molar-refractivity contribution in [2.45, 2.75) is 25.9 Å². The summed E-state index contributed by atoms with van der Waals surface area (Å²) in [7, 11) is 0. The number of hydrogen-bond donors (Lipinski definition) is 3. The second-order valence-corrected chi connectivity index (χ2v) is 3.94. The molecule has 0 saturated heterocycles. The number of aromatic amines is 1. The van der Waals surface area contributed by atoms with E-state index in [1.54, 1.807) is 12.3 Å². The quantitative estimate of drug-likeness (QED) is 0.740. The molecule has 0 saturated carbocycles. The Morgan fingerprint density at radius 2 is 2.24 bits per heavy atom. The first-order valence-electron chi connectivity index (χ1n) is 5.80. The van der Waals surface area contributed by atoms with Gasteiger partial charge in [-0.3, -0.25) is 0 Å². The van der Waals surface area contributed by atoms with Crippen molar-refractivity contribution in [1.82, 2.24) is 15.3 Å². The highest BCUT2D eigenvalue weighted by Crippen LogP contribution is 2.18. The largest absolute Gasteiger partial charge is 0.508 e. The van der Waals surface area contributed by atoms with Gasteiger partial charge >= 0.3 is 0 Å². The maximum Gasteiger partial charge on any atom is 0.123 e. The minimum absolute atomic E-state index is 0.185. The first-order chi connectivity index (χ1) is 8.31. The van der Waals surface area contributed by atoms with Crippen LogP contribution in [0.25, 0.3) is 0 Å². The van der Waals surface area contributed by atoms with Gasteiger partial charge in [-0.15, -0.1) is 0 Å². The molecule has 3 N–H and O–H groups in total. The van der Waals surface area contributed by atoms with Gasteiger partial charge in [-0.05, 0) is 12.5 Å². The molecule has 90 valence electrons. The van der Waals surface area contributed by atoms with Crippen LogP contribution < -0.4 is 5.32 Å². The molecule has 2 aromatic rings. The number of aromatic hydroxyl groups is 1. The highest BCUT2D eigenvalue weighted by atomic mass is 16.3. The number of phenols is 1. The van der Waals surface area contributed by atoms with E-state index in [4.69, 9.17) is 0 Å². The molecule has 0 aliphatic rings. The molecule has 4 heteroatoms. The Morgan fingerprint density at radius 1 is 1.41 bits per heavy atom. The molecule has 0 aliphatic carbocycles. The van der Waals surface area contributed by atoms with Gasteiger partial charge in [0, 0.05) is 24.5 Å². The van der Waals surface area contributed by atoms with Crippen molar-refractivity contribution in [1.29, 1.82) is 0 Å². The third-order valence-electron chi connectivity index (χ3n) is 2.79. The van der Waals surface area contributed by atoms with E-state index in [0.29, 0.717) is 12.3 Å². The number of hydrogen-bond acceptors (Lipinski definition) is 3. The fourth-order valence-electron chi connectivity index (χ4n) is 1.80. The van der Waals surface area contributed by atoms with Crippen LogP contribution in [0.1, 0.15) is 30.8 Å². The monoisotopic (exact) mass is 231 g/mol. The topological polar surface area (TPSA) is 60.9 Å². The van der Waals surface area contributed by atoms with Gasteiger partial charge in [0.15, 0.2) is 0 Å². The molecule has 0 fully saturated rings. The molecule has 0 spiro atoms. The van der Waals surface area contributed by atoms with Crippen molar-refractivity contribution in [2.75, 3.05) is 0 Å². The number of benzene rings is 1. The smallest absolute Gasteiger partial charge is 0.123 e. The van der Waals surface area contributed by atoms with Crippen LogP contribution in [0.4, 0.5) is 0 Å². The fraction of sp³-hybridized carbons (Fsp3) is 0.308. The SMILES string of the molecule is CCC(NCc1ccccc1O)c1ncc[nH]1. The Bertz CT molecular complexity index is 453. The summed E-state index contributed by atoms with van der Waals surface area (Å²) < 4.78 is 0. The maximum atomic E-state index is 9.66. The van der Waals surface area contributed by atoms with E-state index >= 15 is 0 Å². The third kappa shape index (κ3) is 2.85. The van der Waals surface area contributed by atoms with Crippen LogP contribution in [0.3, 0.4) is 0 Å². The number of phenolic OH excluding ortho intramolecular Hbond substituents is 1. The predicted octanol–water partition coefficient (Wildman–Crippen LogP) is 2.36. The molecular weight excluding hydrogens is 214 g/mol. The number of rotatable bonds is 5. The van der Waals surface area contributed by atoms with Crippen LogP contribution in [-0.4, -0.2) is 15.1 Å². The standard InChI is InChI=1S/C13H17N3O/c1-2-11(13-14-7-8-15-13)16-9-10-5-3-4-6-12(10)17/h3-8,11,16-17H,2,9H2,1H3,(H,14,15). The van der Waals surface area contributed by atoms with E-state index in [1.807, 2.05) is 24.4 Å². The van der Waals surface area contributed by atoms with Gasteiger partial charge in [-0.25, -0.2) is 4.98 Å². The molecule has 17 heavy (non-hydrogen) atoms. The fourth-order valence-corrected chi connectivity index (χ4v) is 1.80. The van der Waals surface area contributed by atoms with Gasteiger partial charge in [0.25, 0.3) is 0 Å². The molecule has 2 rings (SSSR count). The van der Waals surface area contributed by atoms with Gasteiger partial charge < -0.3 is 15.4 Å². The lowest BCUT2D eigenvalue weighted by atomic mass is 10.1. The lowest BCUT2D eigenvalue weighted by molar-refractivity contribution is 0.451. The molecule has 1 aromatic carbocycles. The second kappa shape index (κ2) is 5.50. The van der Waals surface area contributed by atoms with Gasteiger partial charge in [0.1, 0.15) is 11.6 Å². The second-order valence-electron chi connectivity index (χ2n) is 3.94. The number of nitrogens with one attached hydrogen (secondary N) is 2. The van der Waals surface area contributed by atoms with Gasteiger partial charge in [-0.1, -0.05) is 25.1 Å². The summed E-state index contributed by atoms with van der Waals surface area (Å²) in [6.07, 6.45) is 4.51. The Morgan fingerprint density at radius 3 is 2.88 bits per heavy atom. The number of nitrogens with zero attached hydrogens (tertiary/aromatic N) is 1. The van der Waals surface area contributed by atoms with Crippen LogP contribution in [0.2, 0.25) is 0 Å². The van der Waals surface area contributed by atoms with Crippen molar-refractivity contribution in [3.63, 3.8) is 0 Å². The van der Waals surface area contributed by atoms with Crippen LogP contribution in [0.15, 0.2) is 36.7 Å². The number of imidazole rings is 1. The number of aromatic nitrogens is 2. The zero-order valence-electron chi connectivity index (χ0n) is 9.85. The highest BCUT2D eigenvalue weighted by Gasteiger charge is 2.11. The minimum atomic E-state index is 0.185. The molecule has 1 heterocycles. The zero-order valence-corrected chi connectivity index (χ0v) is 9.85. The average Bonchev–Trinajstić information content (AvgIpc) is 2.86. The Labute approximate surface area is 101 Å². The Kier molecular flexibility index (Phi) is 3.77. The minimum Gasteiger partial charge on any atom is -0.508 e. The summed E-state index contributed by atoms with van der Waals surface area (Å²) in [5, 5.41) is 13.0. The third-order valence-corrected chi connectivity index (χ3v) is 2.79. The van der Waals surface area contributed by atoms with Crippen LogP contribution in [0.5, 0.6) is 5.75 Å². The van der Waals surface area contributed by atoms with Gasteiger partial charge in [-0.2, -0.15) is 0 Å². The first-order valence-corrected chi connectivity index (χ1v) is 5.80. The van der Waals surface area contributed by atoms with Gasteiger partial charge in [0.2, 0.25) is 0 Å². The average molecular weight is 231 g/mol. The molecule has 0 aliphatic heterocycles. The summed E-state index contributed by atoms with van der Waals surface area (Å²) in [5.74, 6) is 1.26. The van der Waals surface area contributed by atoms with Crippen molar-refractivity contribution >= 4 is 0 Å². The van der Waals surface area contributed by atoms with E-state index < -0.39 is 0 Å². The first kappa shape index (κ1) is 11.7. The van der Waals surface area contributed by atoms with E-state index in [2.05, 4.69) is 22.2 Å². The van der Waals surface area contributed by atoms with E-state index in [-0.39, 0.29) is 6.04 Å². The number of para-hydroxylation sites is 1. The number of H-pyrrole nitrogens is 1. The predicted molar refractivity (Wildman–Crippen MR) is 66.6 cm³/mol. The maximum absolute atomic E-state index is 9.66. The van der Waals surface area contributed by atoms with Gasteiger partial charge in [0.05, 0.1) is 6.04 Å². The van der Waals surface area contributed by atoms with E-state index in [1.165, 1.54) is 0 Å². The summed E-state index contributed by atoms with van der Waals surface area (Å²) in [5.41, 5.74) is 0.900. The summed E-state index contributed by atoms with van der Waals surface area (Å²) >= 11 is 0. The molecule has 1 unspecified atom stereocenters. The van der Waals surface area contributed by atoms with Crippen molar-refractivity contribution < 1.29 is 5.11 Å². The Hall–Kier alpha value is -1.81. The van der Waals surface area contributed by atoms with Crippen LogP contribution in [0, 0.1) is 0 Å². The van der Waals surface area contributed by atoms with Crippen molar-refractivity contribution in [3.05, 3.63) is 48.0 Å². The molecule has 4 nitrogen and oxygen atoms in total. The van der Waals surface area contributed by atoms with Crippen LogP contribution >= 0.6 is 0 Å². The van der Waals surface area contributed by atoms with E-state index in [9.17, 15) is 5.11 Å². The molecular formula is C13H17N3O. The molecule has 0 radical (unpaired) electrons.